The minimum atomic E-state index is 0.374. The van der Waals surface area contributed by atoms with Gasteiger partial charge in [0.15, 0.2) is 0 Å². The van der Waals surface area contributed by atoms with E-state index in [1.807, 2.05) is 51.1 Å². The van der Waals surface area contributed by atoms with Crippen molar-refractivity contribution in [3.63, 3.8) is 0 Å². The molecule has 80 valence electrons. The van der Waals surface area contributed by atoms with Crippen LogP contribution in [0.3, 0.4) is 0 Å². The van der Waals surface area contributed by atoms with E-state index in [9.17, 15) is 5.11 Å². The molecule has 2 aromatic rings. The highest BCUT2D eigenvalue weighted by Gasteiger charge is 2.03. The van der Waals surface area contributed by atoms with Crippen LogP contribution in [0.25, 0.3) is 10.8 Å². The zero-order valence-corrected chi connectivity index (χ0v) is 9.83. The standard InChI is InChI=1S/C12H12O.C2H6/c1-8-7-12(13)11-6-4-3-5-10(11)9(8)2;1-2/h3-7,13H,1-2H3;1-2H3. The molecule has 2 rings (SSSR count). The van der Waals surface area contributed by atoms with Gasteiger partial charge in [-0.1, -0.05) is 38.1 Å². The number of aryl methyl sites for hydroxylation is 2. The van der Waals surface area contributed by atoms with Crippen LogP contribution in [0.15, 0.2) is 30.3 Å². The van der Waals surface area contributed by atoms with Gasteiger partial charge in [-0.3, -0.25) is 0 Å². The number of fused-ring (bicyclic) bond motifs is 1. The van der Waals surface area contributed by atoms with Crippen LogP contribution in [-0.2, 0) is 0 Å². The van der Waals surface area contributed by atoms with Crippen molar-refractivity contribution >= 4 is 10.8 Å². The lowest BCUT2D eigenvalue weighted by Gasteiger charge is -2.07. The highest BCUT2D eigenvalue weighted by Crippen LogP contribution is 2.29. The molecule has 0 unspecified atom stereocenters. The molecule has 0 aliphatic heterocycles. The van der Waals surface area contributed by atoms with Crippen LogP contribution in [0, 0.1) is 13.8 Å². The first kappa shape index (κ1) is 11.6. The van der Waals surface area contributed by atoms with Crippen molar-refractivity contribution in [1.82, 2.24) is 0 Å². The van der Waals surface area contributed by atoms with Gasteiger partial charge in [0.2, 0.25) is 0 Å². The summed E-state index contributed by atoms with van der Waals surface area (Å²) >= 11 is 0. The van der Waals surface area contributed by atoms with Crippen LogP contribution in [-0.4, -0.2) is 5.11 Å². The van der Waals surface area contributed by atoms with Gasteiger partial charge in [0.25, 0.3) is 0 Å². The van der Waals surface area contributed by atoms with E-state index in [4.69, 9.17) is 0 Å². The fourth-order valence-corrected chi connectivity index (χ4v) is 1.64. The van der Waals surface area contributed by atoms with Crippen LogP contribution in [0.5, 0.6) is 5.75 Å². The normalized spacial score (nSPS) is 9.60. The molecule has 0 aromatic heterocycles. The monoisotopic (exact) mass is 202 g/mol. The van der Waals surface area contributed by atoms with Crippen LogP contribution in [0.4, 0.5) is 0 Å². The van der Waals surface area contributed by atoms with Gasteiger partial charge in [-0.25, -0.2) is 0 Å². The van der Waals surface area contributed by atoms with Crippen molar-refractivity contribution in [1.29, 1.82) is 0 Å². The van der Waals surface area contributed by atoms with E-state index < -0.39 is 0 Å². The first-order valence-corrected chi connectivity index (χ1v) is 5.38. The lowest BCUT2D eigenvalue weighted by atomic mass is 10.0. The molecule has 1 nitrogen and oxygen atoms in total. The number of benzene rings is 2. The number of aromatic hydroxyl groups is 1. The van der Waals surface area contributed by atoms with E-state index in [1.165, 1.54) is 5.56 Å². The van der Waals surface area contributed by atoms with E-state index >= 15 is 0 Å². The summed E-state index contributed by atoms with van der Waals surface area (Å²) in [7, 11) is 0. The van der Waals surface area contributed by atoms with Gasteiger partial charge in [0.1, 0.15) is 5.75 Å². The zero-order valence-electron chi connectivity index (χ0n) is 9.83. The molecule has 0 heterocycles. The summed E-state index contributed by atoms with van der Waals surface area (Å²) in [6.07, 6.45) is 0. The lowest BCUT2D eigenvalue weighted by Crippen LogP contribution is -1.83. The molecule has 0 radical (unpaired) electrons. The van der Waals surface area contributed by atoms with E-state index in [0.717, 1.165) is 16.3 Å². The average Bonchev–Trinajstić information content (AvgIpc) is 2.29. The molecule has 0 atom stereocenters. The van der Waals surface area contributed by atoms with Gasteiger partial charge in [0, 0.05) is 5.39 Å². The molecule has 0 fully saturated rings. The SMILES string of the molecule is CC.Cc1cc(O)c2ccccc2c1C. The summed E-state index contributed by atoms with van der Waals surface area (Å²) in [5, 5.41) is 11.8. The molecule has 0 bridgehead atoms. The molecule has 0 saturated heterocycles. The molecule has 0 aliphatic carbocycles. The van der Waals surface area contributed by atoms with Crippen LogP contribution in [0.2, 0.25) is 0 Å². The molecule has 1 N–H and O–H groups in total. The second-order valence-corrected chi connectivity index (χ2v) is 3.38. The van der Waals surface area contributed by atoms with Crippen molar-refractivity contribution in [2.24, 2.45) is 0 Å². The second-order valence-electron chi connectivity index (χ2n) is 3.38. The Morgan fingerprint density at radius 2 is 1.47 bits per heavy atom. The molecular formula is C14H18O. The smallest absolute Gasteiger partial charge is 0.123 e. The van der Waals surface area contributed by atoms with Crippen LogP contribution in [0.1, 0.15) is 25.0 Å². The fraction of sp³-hybridized carbons (Fsp3) is 0.286. The molecular weight excluding hydrogens is 184 g/mol. The quantitative estimate of drug-likeness (QED) is 0.679. The highest BCUT2D eigenvalue weighted by molar-refractivity contribution is 5.91. The van der Waals surface area contributed by atoms with Gasteiger partial charge in [0.05, 0.1) is 0 Å². The van der Waals surface area contributed by atoms with E-state index in [2.05, 4.69) is 6.92 Å². The molecule has 0 saturated carbocycles. The molecule has 2 aromatic carbocycles. The van der Waals surface area contributed by atoms with Gasteiger partial charge >= 0.3 is 0 Å². The summed E-state index contributed by atoms with van der Waals surface area (Å²) in [6.45, 7) is 8.10. The zero-order chi connectivity index (χ0) is 11.4. The Morgan fingerprint density at radius 1 is 0.933 bits per heavy atom. The van der Waals surface area contributed by atoms with Gasteiger partial charge < -0.3 is 5.11 Å². The largest absolute Gasteiger partial charge is 0.507 e. The van der Waals surface area contributed by atoms with E-state index in [0.29, 0.717) is 5.75 Å². The third-order valence-electron chi connectivity index (χ3n) is 2.55. The van der Waals surface area contributed by atoms with Crippen molar-refractivity contribution < 1.29 is 5.11 Å². The summed E-state index contributed by atoms with van der Waals surface area (Å²) < 4.78 is 0. The third-order valence-corrected chi connectivity index (χ3v) is 2.55. The van der Waals surface area contributed by atoms with Gasteiger partial charge in [-0.05, 0) is 36.4 Å². The van der Waals surface area contributed by atoms with Gasteiger partial charge in [-0.15, -0.1) is 0 Å². The first-order valence-electron chi connectivity index (χ1n) is 5.38. The predicted molar refractivity (Wildman–Crippen MR) is 66.4 cm³/mol. The number of rotatable bonds is 0. The number of phenolic OH excluding ortho intramolecular Hbond substituents is 1. The first-order chi connectivity index (χ1) is 7.20. The summed E-state index contributed by atoms with van der Waals surface area (Å²) in [6, 6.07) is 9.73. The second kappa shape index (κ2) is 4.83. The number of hydrogen-bond acceptors (Lipinski definition) is 1. The number of phenols is 1. The maximum Gasteiger partial charge on any atom is 0.123 e. The Hall–Kier alpha value is -1.50. The minimum absolute atomic E-state index is 0.374. The third kappa shape index (κ3) is 2.12. The molecule has 0 amide bonds. The van der Waals surface area contributed by atoms with Crippen molar-refractivity contribution in [3.8, 4) is 5.75 Å². The Balaban J connectivity index is 0.000000531. The Morgan fingerprint density at radius 3 is 2.07 bits per heavy atom. The lowest BCUT2D eigenvalue weighted by molar-refractivity contribution is 0.481. The average molecular weight is 202 g/mol. The van der Waals surface area contributed by atoms with Crippen LogP contribution >= 0.6 is 0 Å². The van der Waals surface area contributed by atoms with Gasteiger partial charge in [-0.2, -0.15) is 0 Å². The minimum Gasteiger partial charge on any atom is -0.507 e. The summed E-state index contributed by atoms with van der Waals surface area (Å²) in [4.78, 5) is 0. The predicted octanol–water partition coefficient (Wildman–Crippen LogP) is 4.19. The summed E-state index contributed by atoms with van der Waals surface area (Å²) in [5.74, 6) is 0.374. The van der Waals surface area contributed by atoms with E-state index in [-0.39, 0.29) is 0 Å². The highest BCUT2D eigenvalue weighted by atomic mass is 16.3. The topological polar surface area (TPSA) is 20.2 Å². The Bertz CT molecular complexity index is 458. The maximum atomic E-state index is 9.68. The summed E-state index contributed by atoms with van der Waals surface area (Å²) in [5.41, 5.74) is 2.38. The fourth-order valence-electron chi connectivity index (χ4n) is 1.64. The van der Waals surface area contributed by atoms with E-state index in [1.54, 1.807) is 0 Å². The molecule has 15 heavy (non-hydrogen) atoms. The van der Waals surface area contributed by atoms with Crippen molar-refractivity contribution in [3.05, 3.63) is 41.5 Å². The Labute approximate surface area is 91.4 Å². The number of hydrogen-bond donors (Lipinski definition) is 1. The molecule has 1 heteroatoms. The van der Waals surface area contributed by atoms with Crippen molar-refractivity contribution in [2.45, 2.75) is 27.7 Å². The Kier molecular flexibility index (Phi) is 3.73. The maximum absolute atomic E-state index is 9.68. The van der Waals surface area contributed by atoms with Crippen LogP contribution < -0.4 is 0 Å². The molecule has 0 spiro atoms. The molecule has 0 aliphatic rings. The van der Waals surface area contributed by atoms with Crippen molar-refractivity contribution in [2.75, 3.05) is 0 Å².